The van der Waals surface area contributed by atoms with Crippen molar-refractivity contribution in [2.45, 2.75) is 62.2 Å². The van der Waals surface area contributed by atoms with E-state index < -0.39 is 23.3 Å². The van der Waals surface area contributed by atoms with Crippen LogP contribution in [0.2, 0.25) is 5.02 Å². The van der Waals surface area contributed by atoms with Crippen LogP contribution in [0.15, 0.2) is 18.2 Å². The first-order chi connectivity index (χ1) is 22.2. The molecule has 1 spiro atoms. The van der Waals surface area contributed by atoms with Crippen molar-refractivity contribution < 1.29 is 22.7 Å². The average Bonchev–Trinajstić information content (AvgIpc) is 3.62. The van der Waals surface area contributed by atoms with E-state index in [9.17, 15) is 13.6 Å². The Hall–Kier alpha value is -3.42. The minimum absolute atomic E-state index is 0.00233. The zero-order valence-corrected chi connectivity index (χ0v) is 26.6. The molecule has 2 aromatic heterocycles. The fourth-order valence-corrected chi connectivity index (χ4v) is 9.26. The van der Waals surface area contributed by atoms with Crippen LogP contribution >= 0.6 is 22.9 Å². The number of nitrogens with two attached hydrogens (primary N) is 1. The summed E-state index contributed by atoms with van der Waals surface area (Å²) in [5.41, 5.74) is 5.85. The number of carbonyl (C=O) groups excluding carboxylic acids is 1. The lowest BCUT2D eigenvalue weighted by atomic mass is 9.79. The van der Waals surface area contributed by atoms with Gasteiger partial charge in [0.25, 0.3) is 0 Å². The predicted octanol–water partition coefficient (Wildman–Crippen LogP) is 5.97. The summed E-state index contributed by atoms with van der Waals surface area (Å²) in [7, 11) is 0. The number of likely N-dealkylation sites (tertiary alicyclic amines) is 1. The van der Waals surface area contributed by atoms with E-state index in [0.717, 1.165) is 69.4 Å². The summed E-state index contributed by atoms with van der Waals surface area (Å²) in [6, 6.07) is 4.33. The number of benzene rings is 2. The van der Waals surface area contributed by atoms with Crippen LogP contribution < -0.4 is 15.4 Å². The molecule has 3 atom stereocenters. The van der Waals surface area contributed by atoms with Gasteiger partial charge in [-0.05, 0) is 63.3 Å². The molecule has 9 nitrogen and oxygen atoms in total. The molecular weight excluding hydrogens is 639 g/mol. The largest absolute Gasteiger partial charge is 0.461 e. The van der Waals surface area contributed by atoms with Crippen LogP contribution in [-0.2, 0) is 4.79 Å². The molecule has 6 heterocycles. The third-order valence-electron chi connectivity index (χ3n) is 10.6. The molecule has 46 heavy (non-hydrogen) atoms. The molecule has 0 aliphatic carbocycles. The number of nitrogens with zero attached hydrogens (tertiary/aromatic N) is 6. The van der Waals surface area contributed by atoms with Crippen molar-refractivity contribution in [1.82, 2.24) is 24.8 Å². The number of hydrogen-bond acceptors (Lipinski definition) is 9. The average molecular weight is 672 g/mol. The maximum Gasteiger partial charge on any atom is 0.319 e. The fraction of sp³-hybridized carbons (Fsp3) is 0.500. The van der Waals surface area contributed by atoms with Crippen molar-refractivity contribution in [3.63, 3.8) is 0 Å². The number of thiazole rings is 1. The number of anilines is 2. The Labute approximate surface area is 272 Å². The summed E-state index contributed by atoms with van der Waals surface area (Å²) < 4.78 is 52.5. The van der Waals surface area contributed by atoms with E-state index in [0.29, 0.717) is 42.8 Å². The molecule has 4 aromatic rings. The van der Waals surface area contributed by atoms with Crippen LogP contribution in [0.1, 0.15) is 44.9 Å². The zero-order valence-electron chi connectivity index (χ0n) is 25.1. The first-order valence-corrected chi connectivity index (χ1v) is 16.9. The predicted molar refractivity (Wildman–Crippen MR) is 172 cm³/mol. The summed E-state index contributed by atoms with van der Waals surface area (Å²) >= 11 is 7.81. The molecule has 2 aromatic carbocycles. The quantitative estimate of drug-likeness (QED) is 0.251. The van der Waals surface area contributed by atoms with E-state index in [1.165, 1.54) is 12.1 Å². The SMILES string of the molecule is Nc1nc2c(-c3c(Cl)cc4c(N5CCCC6(CC5)CCN6C=O)nc(OC[C@@]56CCCN5C[C@H](F)C6)nc4c3F)ccc(F)c2s1. The van der Waals surface area contributed by atoms with E-state index in [1.54, 1.807) is 6.07 Å². The summed E-state index contributed by atoms with van der Waals surface area (Å²) in [6.07, 6.45) is 5.52. The highest BCUT2D eigenvalue weighted by molar-refractivity contribution is 7.22. The summed E-state index contributed by atoms with van der Waals surface area (Å²) in [5.74, 6) is -0.732. The standard InChI is InChI=1S/C32H33ClF3N7O2S/c33-21-13-20-25(24(36)23(21)19-3-4-22(35)27-26(19)38-29(37)46-27)39-30(45-16-32-6-2-10-42(32)15-18(34)14-32)40-28(20)41-9-1-5-31(7-11-41)8-12-43(31)17-44/h3-4,13,17-18H,1-2,5-12,14-16H2,(H2,37,38)/t18-,31?,32+/m1/s1. The number of alkyl halides is 1. The number of rotatable bonds is 6. The maximum atomic E-state index is 16.8. The third kappa shape index (κ3) is 4.68. The van der Waals surface area contributed by atoms with Crippen LogP contribution in [0.5, 0.6) is 6.01 Å². The van der Waals surface area contributed by atoms with Gasteiger partial charge in [-0.25, -0.2) is 18.2 Å². The first-order valence-electron chi connectivity index (χ1n) is 15.7. The molecular formula is C32H33ClF3N7O2S. The Balaban J connectivity index is 1.24. The van der Waals surface area contributed by atoms with Crippen LogP contribution in [-0.4, -0.2) is 87.7 Å². The van der Waals surface area contributed by atoms with Gasteiger partial charge >= 0.3 is 6.01 Å². The van der Waals surface area contributed by atoms with E-state index in [4.69, 9.17) is 27.1 Å². The van der Waals surface area contributed by atoms with Crippen LogP contribution in [0, 0.1) is 11.6 Å². The third-order valence-corrected chi connectivity index (χ3v) is 11.8. The highest BCUT2D eigenvalue weighted by Crippen LogP contribution is 2.45. The number of ether oxygens (including phenoxy) is 1. The smallest absolute Gasteiger partial charge is 0.319 e. The second-order valence-electron chi connectivity index (χ2n) is 13.1. The number of halogens is 4. The van der Waals surface area contributed by atoms with Crippen LogP contribution in [0.3, 0.4) is 0 Å². The van der Waals surface area contributed by atoms with Crippen LogP contribution in [0.25, 0.3) is 32.2 Å². The van der Waals surface area contributed by atoms with Gasteiger partial charge in [0.05, 0.1) is 20.8 Å². The summed E-state index contributed by atoms with van der Waals surface area (Å²) in [4.78, 5) is 31.5. The lowest BCUT2D eigenvalue weighted by molar-refractivity contribution is -0.133. The molecule has 14 heteroatoms. The number of hydrogen-bond donors (Lipinski definition) is 1. The van der Waals surface area contributed by atoms with E-state index >= 15 is 4.39 Å². The number of aromatic nitrogens is 3. The molecule has 0 bridgehead atoms. The molecule has 4 aliphatic heterocycles. The Morgan fingerprint density at radius 3 is 2.70 bits per heavy atom. The van der Waals surface area contributed by atoms with Gasteiger partial charge in [0, 0.05) is 54.7 Å². The van der Waals surface area contributed by atoms with Crippen molar-refractivity contribution >= 4 is 61.4 Å². The van der Waals surface area contributed by atoms with Gasteiger partial charge in [0.15, 0.2) is 10.9 Å². The van der Waals surface area contributed by atoms with E-state index in [2.05, 4.69) is 19.8 Å². The van der Waals surface area contributed by atoms with Gasteiger partial charge in [0.1, 0.15) is 29.9 Å². The molecule has 2 N–H and O–H groups in total. The van der Waals surface area contributed by atoms with Crippen molar-refractivity contribution in [3.05, 3.63) is 34.9 Å². The molecule has 1 unspecified atom stereocenters. The van der Waals surface area contributed by atoms with Gasteiger partial charge < -0.3 is 20.3 Å². The van der Waals surface area contributed by atoms with Gasteiger partial charge in [0.2, 0.25) is 6.41 Å². The maximum absolute atomic E-state index is 16.8. The highest BCUT2D eigenvalue weighted by Gasteiger charge is 2.49. The van der Waals surface area contributed by atoms with E-state index in [-0.39, 0.29) is 49.6 Å². The number of nitrogen functional groups attached to an aromatic ring is 1. The number of carbonyl (C=O) groups is 1. The van der Waals surface area contributed by atoms with Gasteiger partial charge in [-0.3, -0.25) is 9.69 Å². The Kier molecular flexibility index (Phi) is 7.22. The monoisotopic (exact) mass is 671 g/mol. The molecule has 4 saturated heterocycles. The molecule has 1 amide bonds. The van der Waals surface area contributed by atoms with Crippen molar-refractivity contribution in [2.24, 2.45) is 0 Å². The minimum Gasteiger partial charge on any atom is -0.461 e. The second kappa shape index (κ2) is 11.1. The molecule has 4 fully saturated rings. The van der Waals surface area contributed by atoms with E-state index in [1.807, 2.05) is 4.90 Å². The van der Waals surface area contributed by atoms with Crippen molar-refractivity contribution in [3.8, 4) is 17.1 Å². The zero-order chi connectivity index (χ0) is 31.8. The van der Waals surface area contributed by atoms with Gasteiger partial charge in [-0.15, -0.1) is 0 Å². The van der Waals surface area contributed by atoms with Gasteiger partial charge in [-0.1, -0.05) is 22.9 Å². The Morgan fingerprint density at radius 1 is 1.07 bits per heavy atom. The van der Waals surface area contributed by atoms with Crippen molar-refractivity contribution in [2.75, 3.05) is 50.0 Å². The molecule has 0 saturated carbocycles. The number of amides is 1. The lowest BCUT2D eigenvalue weighted by Crippen LogP contribution is -2.59. The topological polar surface area (TPSA) is 101 Å². The van der Waals surface area contributed by atoms with Crippen LogP contribution in [0.4, 0.5) is 24.1 Å². The highest BCUT2D eigenvalue weighted by atomic mass is 35.5. The first kappa shape index (κ1) is 29.9. The molecule has 0 radical (unpaired) electrons. The fourth-order valence-electron chi connectivity index (χ4n) is 8.20. The lowest BCUT2D eigenvalue weighted by Gasteiger charge is -2.51. The van der Waals surface area contributed by atoms with Gasteiger partial charge in [-0.2, -0.15) is 9.97 Å². The molecule has 242 valence electrons. The number of fused-ring (bicyclic) bond motifs is 3. The normalized spacial score (nSPS) is 26.6. The molecule has 4 aliphatic rings. The second-order valence-corrected chi connectivity index (χ2v) is 14.5. The Bertz CT molecular complexity index is 1880. The summed E-state index contributed by atoms with van der Waals surface area (Å²) in [6.45, 7) is 3.36. The van der Waals surface area contributed by atoms with Crippen molar-refractivity contribution in [1.29, 1.82) is 0 Å². The Morgan fingerprint density at radius 2 is 1.89 bits per heavy atom. The summed E-state index contributed by atoms with van der Waals surface area (Å²) in [5, 5.41) is 0.665. The minimum atomic E-state index is -0.923. The molecule has 8 rings (SSSR count).